The lowest BCUT2D eigenvalue weighted by molar-refractivity contribution is 0.293. The molecule has 2 rings (SSSR count). The Kier molecular flexibility index (Phi) is 7.87. The lowest BCUT2D eigenvalue weighted by Gasteiger charge is -2.45. The summed E-state index contributed by atoms with van der Waals surface area (Å²) < 4.78 is 0.528. The predicted octanol–water partition coefficient (Wildman–Crippen LogP) is 3.34. The topological polar surface area (TPSA) is 27.6 Å². The van der Waals surface area contributed by atoms with E-state index in [-0.39, 0.29) is 24.0 Å². The SMILES string of the molecule is CCN=C(NCC)N1CCSC2(CCCCC2)C1.I. The van der Waals surface area contributed by atoms with Crippen molar-refractivity contribution in [1.82, 2.24) is 10.2 Å². The van der Waals surface area contributed by atoms with Crippen LogP contribution in [0.1, 0.15) is 46.0 Å². The van der Waals surface area contributed by atoms with E-state index in [0.29, 0.717) is 4.75 Å². The third kappa shape index (κ3) is 4.69. The van der Waals surface area contributed by atoms with Crippen LogP contribution in [0, 0.1) is 0 Å². The Bertz CT molecular complexity index is 285. The van der Waals surface area contributed by atoms with Crippen LogP contribution in [-0.2, 0) is 0 Å². The summed E-state index contributed by atoms with van der Waals surface area (Å²) >= 11 is 2.22. The molecule has 1 N–H and O–H groups in total. The zero-order chi connectivity index (χ0) is 12.8. The molecule has 1 heterocycles. The fourth-order valence-electron chi connectivity index (χ4n) is 3.10. The number of nitrogens with zero attached hydrogens (tertiary/aromatic N) is 2. The Morgan fingerprint density at radius 2 is 2.00 bits per heavy atom. The van der Waals surface area contributed by atoms with Gasteiger partial charge in [-0.2, -0.15) is 11.8 Å². The van der Waals surface area contributed by atoms with E-state index >= 15 is 0 Å². The molecule has 0 radical (unpaired) electrons. The van der Waals surface area contributed by atoms with Crippen molar-refractivity contribution in [3.8, 4) is 0 Å². The van der Waals surface area contributed by atoms with Gasteiger partial charge in [0.15, 0.2) is 5.96 Å². The van der Waals surface area contributed by atoms with Gasteiger partial charge in [-0.25, -0.2) is 0 Å². The van der Waals surface area contributed by atoms with Crippen molar-refractivity contribution >= 4 is 41.7 Å². The van der Waals surface area contributed by atoms with Crippen molar-refractivity contribution in [3.05, 3.63) is 0 Å². The molecule has 0 amide bonds. The highest BCUT2D eigenvalue weighted by Gasteiger charge is 2.38. The van der Waals surface area contributed by atoms with Gasteiger partial charge >= 0.3 is 0 Å². The minimum absolute atomic E-state index is 0. The summed E-state index contributed by atoms with van der Waals surface area (Å²) in [5.41, 5.74) is 0. The lowest BCUT2D eigenvalue weighted by atomic mass is 9.87. The van der Waals surface area contributed by atoms with Crippen LogP contribution in [-0.4, -0.2) is 47.5 Å². The van der Waals surface area contributed by atoms with Gasteiger partial charge in [-0.15, -0.1) is 24.0 Å². The van der Waals surface area contributed by atoms with Crippen LogP contribution in [0.25, 0.3) is 0 Å². The van der Waals surface area contributed by atoms with E-state index < -0.39 is 0 Å². The minimum Gasteiger partial charge on any atom is -0.357 e. The molecule has 1 saturated carbocycles. The first kappa shape index (κ1) is 17.4. The number of rotatable bonds is 2. The van der Waals surface area contributed by atoms with Crippen LogP contribution in [0.4, 0.5) is 0 Å². The van der Waals surface area contributed by atoms with E-state index in [4.69, 9.17) is 0 Å². The average Bonchev–Trinajstić information content (AvgIpc) is 2.39. The van der Waals surface area contributed by atoms with Crippen molar-refractivity contribution in [3.63, 3.8) is 0 Å². The average molecular weight is 397 g/mol. The Labute approximate surface area is 139 Å². The maximum absolute atomic E-state index is 4.64. The molecule has 2 fully saturated rings. The van der Waals surface area contributed by atoms with Crippen molar-refractivity contribution in [2.24, 2.45) is 4.99 Å². The molecule has 1 spiro atoms. The number of aliphatic imine (C=N–C) groups is 1. The maximum atomic E-state index is 4.64. The van der Waals surface area contributed by atoms with Crippen LogP contribution in [0.2, 0.25) is 0 Å². The quantitative estimate of drug-likeness (QED) is 0.440. The van der Waals surface area contributed by atoms with Crippen LogP contribution < -0.4 is 5.32 Å². The van der Waals surface area contributed by atoms with Crippen LogP contribution in [0.15, 0.2) is 4.99 Å². The third-order valence-corrected chi connectivity index (χ3v) is 5.49. The summed E-state index contributed by atoms with van der Waals surface area (Å²) in [6.07, 6.45) is 7.08. The number of nitrogens with one attached hydrogen (secondary N) is 1. The summed E-state index contributed by atoms with van der Waals surface area (Å²) in [5.74, 6) is 2.39. The summed E-state index contributed by atoms with van der Waals surface area (Å²) in [6.45, 7) is 8.46. The Morgan fingerprint density at radius 3 is 2.63 bits per heavy atom. The molecule has 0 aromatic rings. The van der Waals surface area contributed by atoms with Gasteiger partial charge in [0.25, 0.3) is 0 Å². The Hall–Kier alpha value is 0.350. The first-order chi connectivity index (χ1) is 8.79. The van der Waals surface area contributed by atoms with E-state index in [0.717, 1.165) is 25.6 Å². The molecular weight excluding hydrogens is 369 g/mol. The van der Waals surface area contributed by atoms with Crippen LogP contribution in [0.3, 0.4) is 0 Å². The number of guanidine groups is 1. The Balaban J connectivity index is 0.00000180. The molecule has 19 heavy (non-hydrogen) atoms. The van der Waals surface area contributed by atoms with Gasteiger partial charge in [-0.05, 0) is 26.7 Å². The van der Waals surface area contributed by atoms with Crippen LogP contribution in [0.5, 0.6) is 0 Å². The van der Waals surface area contributed by atoms with Gasteiger partial charge in [0.2, 0.25) is 0 Å². The predicted molar refractivity (Wildman–Crippen MR) is 96.9 cm³/mol. The molecule has 112 valence electrons. The second kappa shape index (κ2) is 8.60. The summed E-state index contributed by atoms with van der Waals surface area (Å²) in [4.78, 5) is 7.13. The van der Waals surface area contributed by atoms with Gasteiger partial charge in [0, 0.05) is 36.7 Å². The van der Waals surface area contributed by atoms with E-state index in [9.17, 15) is 0 Å². The van der Waals surface area contributed by atoms with Crippen molar-refractivity contribution in [2.75, 3.05) is 31.9 Å². The highest BCUT2D eigenvalue weighted by atomic mass is 127. The number of halogens is 1. The summed E-state index contributed by atoms with van der Waals surface area (Å²) in [5, 5.41) is 3.44. The van der Waals surface area contributed by atoms with Crippen LogP contribution >= 0.6 is 35.7 Å². The van der Waals surface area contributed by atoms with Gasteiger partial charge in [0.05, 0.1) is 0 Å². The molecule has 5 heteroatoms. The molecule has 2 aliphatic rings. The van der Waals surface area contributed by atoms with Crippen molar-refractivity contribution < 1.29 is 0 Å². The molecule has 0 atom stereocenters. The highest BCUT2D eigenvalue weighted by molar-refractivity contribution is 14.0. The molecular formula is C14H28IN3S. The van der Waals surface area contributed by atoms with E-state index in [1.54, 1.807) is 0 Å². The van der Waals surface area contributed by atoms with Gasteiger partial charge in [0.1, 0.15) is 0 Å². The van der Waals surface area contributed by atoms with Gasteiger partial charge in [-0.3, -0.25) is 4.99 Å². The van der Waals surface area contributed by atoms with E-state index in [1.165, 1.54) is 44.4 Å². The van der Waals surface area contributed by atoms with Gasteiger partial charge in [-0.1, -0.05) is 19.3 Å². The van der Waals surface area contributed by atoms with Gasteiger partial charge < -0.3 is 10.2 Å². The highest BCUT2D eigenvalue weighted by Crippen LogP contribution is 2.42. The molecule has 1 saturated heterocycles. The molecule has 3 nitrogen and oxygen atoms in total. The van der Waals surface area contributed by atoms with E-state index in [2.05, 4.69) is 40.8 Å². The Morgan fingerprint density at radius 1 is 1.26 bits per heavy atom. The number of hydrogen-bond acceptors (Lipinski definition) is 2. The van der Waals surface area contributed by atoms with Crippen molar-refractivity contribution in [1.29, 1.82) is 0 Å². The maximum Gasteiger partial charge on any atom is 0.193 e. The smallest absolute Gasteiger partial charge is 0.193 e. The lowest BCUT2D eigenvalue weighted by Crippen LogP contribution is -2.53. The molecule has 0 aromatic carbocycles. The summed E-state index contributed by atoms with van der Waals surface area (Å²) in [6, 6.07) is 0. The third-order valence-electron chi connectivity index (χ3n) is 3.96. The normalized spacial score (nSPS) is 23.1. The molecule has 1 aliphatic carbocycles. The zero-order valence-electron chi connectivity index (χ0n) is 12.3. The second-order valence-electron chi connectivity index (χ2n) is 5.34. The molecule has 0 aromatic heterocycles. The minimum atomic E-state index is 0. The molecule has 0 unspecified atom stereocenters. The first-order valence-electron chi connectivity index (χ1n) is 7.47. The first-order valence-corrected chi connectivity index (χ1v) is 8.45. The number of hydrogen-bond donors (Lipinski definition) is 1. The monoisotopic (exact) mass is 397 g/mol. The fraction of sp³-hybridized carbons (Fsp3) is 0.929. The summed E-state index contributed by atoms with van der Waals surface area (Å²) in [7, 11) is 0. The largest absolute Gasteiger partial charge is 0.357 e. The fourth-order valence-corrected chi connectivity index (χ4v) is 4.67. The number of thioether (sulfide) groups is 1. The standard InChI is InChI=1S/C14H27N3S.HI/c1-3-15-13(16-4-2)17-10-11-18-14(12-17)8-6-5-7-9-14;/h3-12H2,1-2H3,(H,15,16);1H. The molecule has 1 aliphatic heterocycles. The van der Waals surface area contributed by atoms with E-state index in [1.807, 2.05) is 0 Å². The zero-order valence-corrected chi connectivity index (χ0v) is 15.4. The van der Waals surface area contributed by atoms with Crippen molar-refractivity contribution in [2.45, 2.75) is 50.7 Å². The second-order valence-corrected chi connectivity index (χ2v) is 6.90. The molecule has 0 bridgehead atoms.